The number of aromatic nitrogens is 1. The van der Waals surface area contributed by atoms with Crippen LogP contribution in [0.3, 0.4) is 0 Å². The maximum Gasteiger partial charge on any atom is 0.254 e. The SMILES string of the molecule is CCC(C)NC(=O)CN1CCN(C(=O)c2cc(C)nc3ccc(C)cc23)CC1. The van der Waals surface area contributed by atoms with Crippen LogP contribution in [0, 0.1) is 13.8 Å². The lowest BCUT2D eigenvalue weighted by molar-refractivity contribution is -0.123. The molecule has 0 spiro atoms. The quantitative estimate of drug-likeness (QED) is 0.863. The Labute approximate surface area is 166 Å². The number of benzene rings is 1. The topological polar surface area (TPSA) is 65.5 Å². The number of piperazine rings is 1. The summed E-state index contributed by atoms with van der Waals surface area (Å²) in [5, 5.41) is 3.91. The Morgan fingerprint density at radius 1 is 1.14 bits per heavy atom. The number of carbonyl (C=O) groups excluding carboxylic acids is 2. The molecule has 6 nitrogen and oxygen atoms in total. The van der Waals surface area contributed by atoms with Crippen molar-refractivity contribution in [1.29, 1.82) is 0 Å². The fourth-order valence-corrected chi connectivity index (χ4v) is 3.55. The minimum absolute atomic E-state index is 0.0461. The van der Waals surface area contributed by atoms with Crippen molar-refractivity contribution in [3.8, 4) is 0 Å². The predicted molar refractivity (Wildman–Crippen MR) is 111 cm³/mol. The minimum atomic E-state index is 0.0461. The zero-order valence-electron chi connectivity index (χ0n) is 17.3. The van der Waals surface area contributed by atoms with Crippen molar-refractivity contribution in [3.63, 3.8) is 0 Å². The first kappa shape index (κ1) is 20.3. The lowest BCUT2D eigenvalue weighted by Gasteiger charge is -2.34. The van der Waals surface area contributed by atoms with E-state index in [4.69, 9.17) is 0 Å². The molecule has 1 aliphatic rings. The molecule has 0 radical (unpaired) electrons. The van der Waals surface area contributed by atoms with Crippen LogP contribution in [0.1, 0.15) is 41.9 Å². The molecule has 1 N–H and O–H groups in total. The zero-order chi connectivity index (χ0) is 20.3. The summed E-state index contributed by atoms with van der Waals surface area (Å²) in [6, 6.07) is 8.11. The van der Waals surface area contributed by atoms with Gasteiger partial charge in [-0.3, -0.25) is 19.5 Å². The van der Waals surface area contributed by atoms with Crippen molar-refractivity contribution in [2.75, 3.05) is 32.7 Å². The number of amides is 2. The second-order valence-electron chi connectivity index (χ2n) is 7.78. The molecule has 28 heavy (non-hydrogen) atoms. The number of nitrogens with one attached hydrogen (secondary N) is 1. The Morgan fingerprint density at radius 2 is 1.86 bits per heavy atom. The normalized spacial score (nSPS) is 16.2. The van der Waals surface area contributed by atoms with Crippen molar-refractivity contribution in [1.82, 2.24) is 20.1 Å². The first-order chi connectivity index (χ1) is 13.4. The highest BCUT2D eigenvalue weighted by atomic mass is 16.2. The van der Waals surface area contributed by atoms with E-state index in [-0.39, 0.29) is 17.9 Å². The van der Waals surface area contributed by atoms with Crippen LogP contribution in [0.15, 0.2) is 24.3 Å². The van der Waals surface area contributed by atoms with Crippen molar-refractivity contribution >= 4 is 22.7 Å². The fourth-order valence-electron chi connectivity index (χ4n) is 3.55. The number of aryl methyl sites for hydroxylation is 2. The van der Waals surface area contributed by atoms with Gasteiger partial charge in [0, 0.05) is 43.3 Å². The van der Waals surface area contributed by atoms with Gasteiger partial charge in [-0.1, -0.05) is 18.6 Å². The number of fused-ring (bicyclic) bond motifs is 1. The van der Waals surface area contributed by atoms with Gasteiger partial charge in [-0.05, 0) is 45.4 Å². The Bertz CT molecular complexity index is 872. The van der Waals surface area contributed by atoms with Crippen LogP contribution in [-0.4, -0.2) is 65.4 Å². The largest absolute Gasteiger partial charge is 0.353 e. The smallest absolute Gasteiger partial charge is 0.254 e. The molecule has 2 aromatic rings. The summed E-state index contributed by atoms with van der Waals surface area (Å²) < 4.78 is 0. The second-order valence-corrected chi connectivity index (χ2v) is 7.78. The minimum Gasteiger partial charge on any atom is -0.353 e. The summed E-state index contributed by atoms with van der Waals surface area (Å²) in [4.78, 5) is 33.8. The van der Waals surface area contributed by atoms with Crippen molar-refractivity contribution in [2.24, 2.45) is 0 Å². The van der Waals surface area contributed by atoms with Crippen LogP contribution in [0.25, 0.3) is 10.9 Å². The van der Waals surface area contributed by atoms with Crippen molar-refractivity contribution in [3.05, 3.63) is 41.1 Å². The van der Waals surface area contributed by atoms with Crippen LogP contribution >= 0.6 is 0 Å². The molecule has 0 saturated carbocycles. The van der Waals surface area contributed by atoms with Gasteiger partial charge in [-0.2, -0.15) is 0 Å². The molecule has 2 heterocycles. The number of rotatable bonds is 5. The number of carbonyl (C=O) groups is 2. The number of hydrogen-bond donors (Lipinski definition) is 1. The molecule has 3 rings (SSSR count). The van der Waals surface area contributed by atoms with E-state index < -0.39 is 0 Å². The Balaban J connectivity index is 1.67. The molecule has 1 fully saturated rings. The van der Waals surface area contributed by atoms with Gasteiger partial charge in [0.05, 0.1) is 17.6 Å². The standard InChI is InChI=1S/C22H30N4O2/c1-5-16(3)24-21(27)14-25-8-10-26(11-9-25)22(28)19-13-17(4)23-20-7-6-15(2)12-18(19)20/h6-7,12-13,16H,5,8-11,14H2,1-4H3,(H,24,27). The molecule has 0 aliphatic carbocycles. The van der Waals surface area contributed by atoms with Gasteiger partial charge in [0.15, 0.2) is 0 Å². The third-order valence-electron chi connectivity index (χ3n) is 5.37. The van der Waals surface area contributed by atoms with E-state index in [9.17, 15) is 9.59 Å². The summed E-state index contributed by atoms with van der Waals surface area (Å²) in [5.74, 6) is 0.102. The summed E-state index contributed by atoms with van der Waals surface area (Å²) in [6.45, 7) is 11.1. The third kappa shape index (κ3) is 4.68. The zero-order valence-corrected chi connectivity index (χ0v) is 17.3. The van der Waals surface area contributed by atoms with E-state index in [0.29, 0.717) is 38.3 Å². The average Bonchev–Trinajstić information content (AvgIpc) is 2.67. The molecular formula is C22H30N4O2. The van der Waals surface area contributed by atoms with E-state index >= 15 is 0 Å². The number of pyridine rings is 1. The van der Waals surface area contributed by atoms with Crippen LogP contribution < -0.4 is 5.32 Å². The van der Waals surface area contributed by atoms with Gasteiger partial charge in [-0.15, -0.1) is 0 Å². The molecule has 1 aromatic carbocycles. The monoisotopic (exact) mass is 382 g/mol. The lowest BCUT2D eigenvalue weighted by Crippen LogP contribution is -2.51. The van der Waals surface area contributed by atoms with Gasteiger partial charge in [-0.25, -0.2) is 0 Å². The van der Waals surface area contributed by atoms with Crippen LogP contribution in [-0.2, 0) is 4.79 Å². The molecule has 6 heteroatoms. The average molecular weight is 383 g/mol. The van der Waals surface area contributed by atoms with Gasteiger partial charge in [0.2, 0.25) is 5.91 Å². The van der Waals surface area contributed by atoms with E-state index in [0.717, 1.165) is 28.6 Å². The van der Waals surface area contributed by atoms with Crippen molar-refractivity contribution < 1.29 is 9.59 Å². The molecule has 1 aliphatic heterocycles. The van der Waals surface area contributed by atoms with Gasteiger partial charge >= 0.3 is 0 Å². The van der Waals surface area contributed by atoms with Gasteiger partial charge < -0.3 is 10.2 Å². The summed E-state index contributed by atoms with van der Waals surface area (Å²) >= 11 is 0. The van der Waals surface area contributed by atoms with Gasteiger partial charge in [0.1, 0.15) is 0 Å². The molecule has 1 saturated heterocycles. The summed E-state index contributed by atoms with van der Waals surface area (Å²) in [5.41, 5.74) is 3.54. The molecule has 2 amide bonds. The first-order valence-corrected chi connectivity index (χ1v) is 10.1. The highest BCUT2D eigenvalue weighted by Crippen LogP contribution is 2.22. The van der Waals surface area contributed by atoms with E-state index in [1.54, 1.807) is 0 Å². The van der Waals surface area contributed by atoms with E-state index in [1.807, 2.05) is 49.9 Å². The van der Waals surface area contributed by atoms with Crippen LogP contribution in [0.4, 0.5) is 0 Å². The summed E-state index contributed by atoms with van der Waals surface area (Å²) in [6.07, 6.45) is 0.923. The number of nitrogens with zero attached hydrogens (tertiary/aromatic N) is 3. The highest BCUT2D eigenvalue weighted by Gasteiger charge is 2.25. The van der Waals surface area contributed by atoms with Crippen molar-refractivity contribution in [2.45, 2.75) is 40.2 Å². The highest BCUT2D eigenvalue weighted by molar-refractivity contribution is 6.06. The first-order valence-electron chi connectivity index (χ1n) is 10.1. The van der Waals surface area contributed by atoms with Gasteiger partial charge in [0.25, 0.3) is 5.91 Å². The second kappa shape index (κ2) is 8.69. The predicted octanol–water partition coefficient (Wildman–Crippen LogP) is 2.52. The molecule has 0 bridgehead atoms. The maximum atomic E-state index is 13.2. The Hall–Kier alpha value is -2.47. The molecule has 150 valence electrons. The van der Waals surface area contributed by atoms with E-state index in [1.165, 1.54) is 0 Å². The Morgan fingerprint density at radius 3 is 2.54 bits per heavy atom. The summed E-state index contributed by atoms with van der Waals surface area (Å²) in [7, 11) is 0. The Kier molecular flexibility index (Phi) is 6.29. The molecule has 1 aromatic heterocycles. The fraction of sp³-hybridized carbons (Fsp3) is 0.500. The number of hydrogen-bond acceptors (Lipinski definition) is 4. The maximum absolute atomic E-state index is 13.2. The molecule has 1 atom stereocenters. The van der Waals surface area contributed by atoms with Crippen LogP contribution in [0.5, 0.6) is 0 Å². The lowest BCUT2D eigenvalue weighted by atomic mass is 10.0. The van der Waals surface area contributed by atoms with Crippen LogP contribution in [0.2, 0.25) is 0 Å². The van der Waals surface area contributed by atoms with E-state index in [2.05, 4.69) is 22.1 Å². The molecular weight excluding hydrogens is 352 g/mol. The molecule has 1 unspecified atom stereocenters. The third-order valence-corrected chi connectivity index (χ3v) is 5.37.